The Hall–Kier alpha value is -1.32. The van der Waals surface area contributed by atoms with Gasteiger partial charge in [0, 0.05) is 25.2 Å². The van der Waals surface area contributed by atoms with Gasteiger partial charge in [0.05, 0.1) is 0 Å². The van der Waals surface area contributed by atoms with E-state index in [1.807, 2.05) is 0 Å². The summed E-state index contributed by atoms with van der Waals surface area (Å²) < 4.78 is 0. The van der Waals surface area contributed by atoms with E-state index >= 15 is 0 Å². The molecule has 1 atom stereocenters. The predicted molar refractivity (Wildman–Crippen MR) is 83.0 cm³/mol. The number of rotatable bonds is 6. The third kappa shape index (κ3) is 3.58. The lowest BCUT2D eigenvalue weighted by molar-refractivity contribution is 0.501. The summed E-state index contributed by atoms with van der Waals surface area (Å²) >= 11 is 0. The largest absolute Gasteiger partial charge is 0.370 e. The molecule has 1 heterocycles. The molecule has 0 radical (unpaired) electrons. The molecule has 19 heavy (non-hydrogen) atoms. The Morgan fingerprint density at radius 2 is 1.79 bits per heavy atom. The molecule has 0 aliphatic rings. The van der Waals surface area contributed by atoms with E-state index in [1.165, 1.54) is 5.56 Å². The first-order valence-electron chi connectivity index (χ1n) is 7.21. The minimum absolute atomic E-state index is 0.395. The van der Waals surface area contributed by atoms with Gasteiger partial charge in [-0.2, -0.15) is 0 Å². The third-order valence-electron chi connectivity index (χ3n) is 3.69. The van der Waals surface area contributed by atoms with Crippen LogP contribution < -0.4 is 10.2 Å². The fourth-order valence-electron chi connectivity index (χ4n) is 2.15. The van der Waals surface area contributed by atoms with E-state index < -0.39 is 0 Å². The van der Waals surface area contributed by atoms with Crippen LogP contribution in [-0.2, 0) is 0 Å². The van der Waals surface area contributed by atoms with E-state index in [2.05, 4.69) is 68.8 Å². The maximum absolute atomic E-state index is 4.52. The molecule has 1 unspecified atom stereocenters. The van der Waals surface area contributed by atoms with Crippen LogP contribution in [0.4, 0.5) is 11.6 Å². The molecule has 0 spiro atoms. The number of hydrogen-bond donors (Lipinski definition) is 1. The van der Waals surface area contributed by atoms with Crippen molar-refractivity contribution in [2.45, 2.75) is 53.5 Å². The van der Waals surface area contributed by atoms with Gasteiger partial charge in [-0.1, -0.05) is 27.7 Å². The van der Waals surface area contributed by atoms with Gasteiger partial charge in [-0.25, -0.2) is 9.97 Å². The second kappa shape index (κ2) is 6.73. The fraction of sp³-hybridized carbons (Fsp3) is 0.733. The summed E-state index contributed by atoms with van der Waals surface area (Å²) in [5.74, 6) is 2.99. The first kappa shape index (κ1) is 15.7. The minimum atomic E-state index is 0.395. The maximum Gasteiger partial charge on any atom is 0.137 e. The van der Waals surface area contributed by atoms with Crippen molar-refractivity contribution >= 4 is 11.6 Å². The molecule has 4 nitrogen and oxygen atoms in total. The standard InChI is InChI=1S/C15H28N4/c1-8-16-14-13(11(4)5)15(18-9-17-14)19(7)12(6)10(2)3/h9-12H,8H2,1-7H3,(H,16,17,18). The number of aromatic nitrogens is 2. The SMILES string of the molecule is CCNc1ncnc(N(C)C(C)C(C)C)c1C(C)C. The number of nitrogens with zero attached hydrogens (tertiary/aromatic N) is 3. The molecule has 0 fully saturated rings. The first-order chi connectivity index (χ1) is 8.90. The van der Waals surface area contributed by atoms with Gasteiger partial charge < -0.3 is 10.2 Å². The third-order valence-corrected chi connectivity index (χ3v) is 3.69. The Bertz CT molecular complexity index is 401. The van der Waals surface area contributed by atoms with Crippen molar-refractivity contribution in [3.8, 4) is 0 Å². The first-order valence-corrected chi connectivity index (χ1v) is 7.21. The molecule has 1 rings (SSSR count). The highest BCUT2D eigenvalue weighted by Gasteiger charge is 2.21. The summed E-state index contributed by atoms with van der Waals surface area (Å²) in [5, 5.41) is 3.34. The van der Waals surface area contributed by atoms with Crippen LogP contribution in [0.1, 0.15) is 53.0 Å². The van der Waals surface area contributed by atoms with Gasteiger partial charge in [-0.3, -0.25) is 0 Å². The zero-order valence-electron chi connectivity index (χ0n) is 13.4. The Balaban J connectivity index is 3.22. The molecule has 0 amide bonds. The molecule has 1 aromatic rings. The van der Waals surface area contributed by atoms with Crippen LogP contribution in [0.5, 0.6) is 0 Å². The smallest absolute Gasteiger partial charge is 0.137 e. The van der Waals surface area contributed by atoms with E-state index in [1.54, 1.807) is 6.33 Å². The Morgan fingerprint density at radius 3 is 2.26 bits per heavy atom. The van der Waals surface area contributed by atoms with Crippen molar-refractivity contribution in [2.24, 2.45) is 5.92 Å². The van der Waals surface area contributed by atoms with Crippen molar-refractivity contribution in [1.82, 2.24) is 9.97 Å². The van der Waals surface area contributed by atoms with Crippen LogP contribution >= 0.6 is 0 Å². The molecule has 0 aliphatic heterocycles. The topological polar surface area (TPSA) is 41.1 Å². The maximum atomic E-state index is 4.52. The van der Waals surface area contributed by atoms with Gasteiger partial charge in [0.15, 0.2) is 0 Å². The van der Waals surface area contributed by atoms with Crippen molar-refractivity contribution in [2.75, 3.05) is 23.8 Å². The van der Waals surface area contributed by atoms with Crippen molar-refractivity contribution in [3.63, 3.8) is 0 Å². The molecule has 0 bridgehead atoms. The number of nitrogens with one attached hydrogen (secondary N) is 1. The van der Waals surface area contributed by atoms with Gasteiger partial charge >= 0.3 is 0 Å². The summed E-state index contributed by atoms with van der Waals surface area (Å²) in [6.07, 6.45) is 1.66. The molecule has 4 heteroatoms. The molecule has 0 saturated carbocycles. The molecular formula is C15H28N4. The highest BCUT2D eigenvalue weighted by atomic mass is 15.2. The predicted octanol–water partition coefficient (Wildman–Crippen LogP) is 3.51. The van der Waals surface area contributed by atoms with E-state index in [9.17, 15) is 0 Å². The normalized spacial score (nSPS) is 12.9. The molecule has 0 saturated heterocycles. The monoisotopic (exact) mass is 264 g/mol. The summed E-state index contributed by atoms with van der Waals surface area (Å²) in [7, 11) is 2.12. The quantitative estimate of drug-likeness (QED) is 0.853. The molecular weight excluding hydrogens is 236 g/mol. The van der Waals surface area contributed by atoms with Crippen LogP contribution in [0.2, 0.25) is 0 Å². The van der Waals surface area contributed by atoms with E-state index in [-0.39, 0.29) is 0 Å². The van der Waals surface area contributed by atoms with Gasteiger partial charge in [0.25, 0.3) is 0 Å². The Labute approximate surface area is 117 Å². The lowest BCUT2D eigenvalue weighted by Gasteiger charge is -2.31. The Morgan fingerprint density at radius 1 is 1.16 bits per heavy atom. The highest BCUT2D eigenvalue weighted by molar-refractivity contribution is 5.60. The molecule has 1 aromatic heterocycles. The Kier molecular flexibility index (Phi) is 5.58. The summed E-state index contributed by atoms with van der Waals surface area (Å²) in [4.78, 5) is 11.2. The molecule has 108 valence electrons. The fourth-order valence-corrected chi connectivity index (χ4v) is 2.15. The lowest BCUT2D eigenvalue weighted by Crippen LogP contribution is -2.35. The minimum Gasteiger partial charge on any atom is -0.370 e. The second-order valence-corrected chi connectivity index (χ2v) is 5.74. The van der Waals surface area contributed by atoms with E-state index in [4.69, 9.17) is 0 Å². The average molecular weight is 264 g/mol. The van der Waals surface area contributed by atoms with Crippen LogP contribution in [0.15, 0.2) is 6.33 Å². The van der Waals surface area contributed by atoms with Crippen LogP contribution in [0.25, 0.3) is 0 Å². The molecule has 0 aromatic carbocycles. The van der Waals surface area contributed by atoms with E-state index in [0.29, 0.717) is 17.9 Å². The summed E-state index contributed by atoms with van der Waals surface area (Å²) in [5.41, 5.74) is 1.21. The van der Waals surface area contributed by atoms with Crippen molar-refractivity contribution in [1.29, 1.82) is 0 Å². The van der Waals surface area contributed by atoms with Gasteiger partial charge in [-0.05, 0) is 25.7 Å². The van der Waals surface area contributed by atoms with Crippen molar-refractivity contribution in [3.05, 3.63) is 11.9 Å². The molecule has 0 aliphatic carbocycles. The number of anilines is 2. The van der Waals surface area contributed by atoms with Crippen LogP contribution in [0, 0.1) is 5.92 Å². The second-order valence-electron chi connectivity index (χ2n) is 5.74. The zero-order valence-corrected chi connectivity index (χ0v) is 13.4. The van der Waals surface area contributed by atoms with Gasteiger partial charge in [0.1, 0.15) is 18.0 Å². The van der Waals surface area contributed by atoms with Gasteiger partial charge in [-0.15, -0.1) is 0 Å². The summed E-state index contributed by atoms with van der Waals surface area (Å²) in [6, 6.07) is 0.446. The van der Waals surface area contributed by atoms with Crippen molar-refractivity contribution < 1.29 is 0 Å². The van der Waals surface area contributed by atoms with Crippen LogP contribution in [-0.4, -0.2) is 29.6 Å². The number of hydrogen-bond acceptors (Lipinski definition) is 4. The highest BCUT2D eigenvalue weighted by Crippen LogP contribution is 2.31. The molecule has 1 N–H and O–H groups in total. The zero-order chi connectivity index (χ0) is 14.6. The lowest BCUT2D eigenvalue weighted by atomic mass is 10.0. The van der Waals surface area contributed by atoms with Gasteiger partial charge in [0.2, 0.25) is 0 Å². The van der Waals surface area contributed by atoms with E-state index in [0.717, 1.165) is 18.2 Å². The summed E-state index contributed by atoms with van der Waals surface area (Å²) in [6.45, 7) is 14.1. The van der Waals surface area contributed by atoms with Crippen LogP contribution in [0.3, 0.4) is 0 Å². The average Bonchev–Trinajstić information content (AvgIpc) is 2.36.